The summed E-state index contributed by atoms with van der Waals surface area (Å²) in [7, 11) is 1.89. The van der Waals surface area contributed by atoms with Gasteiger partial charge in [0.05, 0.1) is 5.56 Å². The molecule has 0 amide bonds. The number of nitrogens with zero attached hydrogens (tertiary/aromatic N) is 1. The highest BCUT2D eigenvalue weighted by atomic mass is 32.1. The van der Waals surface area contributed by atoms with E-state index in [1.165, 1.54) is 29.7 Å². The van der Waals surface area contributed by atoms with Crippen LogP contribution < -0.4 is 5.32 Å². The van der Waals surface area contributed by atoms with E-state index in [2.05, 4.69) is 11.4 Å². The monoisotopic (exact) mass is 206 g/mol. The van der Waals surface area contributed by atoms with Gasteiger partial charge >= 0.3 is 0 Å². The Balaban J connectivity index is 2.47. The highest BCUT2D eigenvalue weighted by Gasteiger charge is 2.18. The zero-order valence-electron chi connectivity index (χ0n) is 8.39. The molecule has 2 rings (SSSR count). The number of nitrogens with one attached hydrogen (secondary N) is 1. The summed E-state index contributed by atoms with van der Waals surface area (Å²) >= 11 is 1.77. The number of rotatable bonds is 1. The van der Waals surface area contributed by atoms with Crippen molar-refractivity contribution in [3.05, 3.63) is 16.0 Å². The van der Waals surface area contributed by atoms with Crippen LogP contribution in [0.15, 0.2) is 0 Å². The molecule has 1 aromatic rings. The molecule has 2 nitrogen and oxygen atoms in total. The number of anilines is 1. The topological polar surface area (TPSA) is 35.8 Å². The van der Waals surface area contributed by atoms with Crippen LogP contribution in [-0.4, -0.2) is 7.05 Å². The summed E-state index contributed by atoms with van der Waals surface area (Å²) in [6, 6.07) is 2.33. The summed E-state index contributed by atoms with van der Waals surface area (Å²) in [4.78, 5) is 1.43. The summed E-state index contributed by atoms with van der Waals surface area (Å²) in [5, 5.41) is 13.3. The van der Waals surface area contributed by atoms with Crippen molar-refractivity contribution in [3.8, 4) is 6.07 Å². The number of nitriles is 1. The van der Waals surface area contributed by atoms with Crippen LogP contribution in [0.5, 0.6) is 0 Å². The zero-order valence-corrected chi connectivity index (χ0v) is 9.21. The molecule has 1 N–H and O–H groups in total. The average Bonchev–Trinajstić information content (AvgIpc) is 2.39. The van der Waals surface area contributed by atoms with Crippen LogP contribution in [0.3, 0.4) is 0 Å². The number of thiophene rings is 1. The fourth-order valence-electron chi connectivity index (χ4n) is 2.04. The normalized spacial score (nSPS) is 15.4. The molecule has 0 aromatic carbocycles. The highest BCUT2D eigenvalue weighted by molar-refractivity contribution is 7.16. The molecule has 0 saturated heterocycles. The van der Waals surface area contributed by atoms with Gasteiger partial charge in [-0.25, -0.2) is 0 Å². The van der Waals surface area contributed by atoms with E-state index < -0.39 is 0 Å². The Kier molecular flexibility index (Phi) is 2.74. The second-order valence-corrected chi connectivity index (χ2v) is 4.74. The van der Waals surface area contributed by atoms with Gasteiger partial charge in [-0.2, -0.15) is 5.26 Å². The van der Waals surface area contributed by atoms with E-state index in [0.717, 1.165) is 23.4 Å². The SMILES string of the molecule is CNc1sc2c(c1C#N)CCCCC2. The lowest BCUT2D eigenvalue weighted by atomic mass is 10.1. The first-order valence-corrected chi connectivity index (χ1v) is 5.91. The average molecular weight is 206 g/mol. The summed E-state index contributed by atoms with van der Waals surface area (Å²) in [5.41, 5.74) is 2.22. The van der Waals surface area contributed by atoms with E-state index in [9.17, 15) is 0 Å². The summed E-state index contributed by atoms with van der Waals surface area (Å²) in [5.74, 6) is 0. The van der Waals surface area contributed by atoms with Gasteiger partial charge in [0.1, 0.15) is 11.1 Å². The molecule has 0 spiro atoms. The van der Waals surface area contributed by atoms with Gasteiger partial charge in [0.2, 0.25) is 0 Å². The standard InChI is InChI=1S/C11H14N2S/c1-13-11-9(7-12)8-5-3-2-4-6-10(8)14-11/h13H,2-6H2,1H3. The number of hydrogen-bond donors (Lipinski definition) is 1. The maximum absolute atomic E-state index is 9.10. The molecule has 0 saturated carbocycles. The third kappa shape index (κ3) is 1.51. The third-order valence-corrected chi connectivity index (χ3v) is 4.07. The number of fused-ring (bicyclic) bond motifs is 1. The van der Waals surface area contributed by atoms with Crippen molar-refractivity contribution in [2.24, 2.45) is 0 Å². The number of hydrogen-bond acceptors (Lipinski definition) is 3. The predicted molar refractivity (Wildman–Crippen MR) is 59.8 cm³/mol. The van der Waals surface area contributed by atoms with E-state index in [-0.39, 0.29) is 0 Å². The van der Waals surface area contributed by atoms with Crippen LogP contribution in [0.25, 0.3) is 0 Å². The quantitative estimate of drug-likeness (QED) is 0.717. The fourth-order valence-corrected chi connectivity index (χ4v) is 3.23. The maximum atomic E-state index is 9.10. The Bertz CT molecular complexity index is 373. The van der Waals surface area contributed by atoms with Crippen molar-refractivity contribution in [1.29, 1.82) is 5.26 Å². The van der Waals surface area contributed by atoms with Crippen LogP contribution in [0.2, 0.25) is 0 Å². The van der Waals surface area contributed by atoms with E-state index in [1.54, 1.807) is 11.3 Å². The van der Waals surface area contributed by atoms with Crippen molar-refractivity contribution in [1.82, 2.24) is 0 Å². The lowest BCUT2D eigenvalue weighted by Crippen LogP contribution is -1.91. The molecule has 3 heteroatoms. The molecular formula is C11H14N2S. The molecule has 1 aliphatic carbocycles. The van der Waals surface area contributed by atoms with Crippen molar-refractivity contribution >= 4 is 16.3 Å². The molecular weight excluding hydrogens is 192 g/mol. The molecule has 14 heavy (non-hydrogen) atoms. The van der Waals surface area contributed by atoms with Crippen LogP contribution >= 0.6 is 11.3 Å². The Labute approximate surface area is 88.6 Å². The fraction of sp³-hybridized carbons (Fsp3) is 0.545. The minimum Gasteiger partial charge on any atom is -0.379 e. The highest BCUT2D eigenvalue weighted by Crippen LogP contribution is 2.36. The minimum atomic E-state index is 0.898. The van der Waals surface area contributed by atoms with Gasteiger partial charge in [0.15, 0.2) is 0 Å². The van der Waals surface area contributed by atoms with E-state index in [0.29, 0.717) is 0 Å². The molecule has 1 heterocycles. The predicted octanol–water partition coefficient (Wildman–Crippen LogP) is 2.93. The summed E-state index contributed by atoms with van der Waals surface area (Å²) < 4.78 is 0. The van der Waals surface area contributed by atoms with Crippen LogP contribution in [0, 0.1) is 11.3 Å². The van der Waals surface area contributed by atoms with Gasteiger partial charge in [0.25, 0.3) is 0 Å². The van der Waals surface area contributed by atoms with E-state index in [4.69, 9.17) is 5.26 Å². The zero-order chi connectivity index (χ0) is 9.97. The van der Waals surface area contributed by atoms with Crippen molar-refractivity contribution < 1.29 is 0 Å². The molecule has 74 valence electrons. The molecule has 0 atom stereocenters. The first-order valence-electron chi connectivity index (χ1n) is 5.09. The van der Waals surface area contributed by atoms with E-state index >= 15 is 0 Å². The van der Waals surface area contributed by atoms with Gasteiger partial charge in [-0.1, -0.05) is 6.42 Å². The van der Waals surface area contributed by atoms with Crippen molar-refractivity contribution in [2.75, 3.05) is 12.4 Å². The largest absolute Gasteiger partial charge is 0.379 e. The summed E-state index contributed by atoms with van der Waals surface area (Å²) in [6.45, 7) is 0. The van der Waals surface area contributed by atoms with Crippen molar-refractivity contribution in [2.45, 2.75) is 32.1 Å². The van der Waals surface area contributed by atoms with Gasteiger partial charge in [-0.15, -0.1) is 11.3 Å². The summed E-state index contributed by atoms with van der Waals surface area (Å²) in [6.07, 6.45) is 6.08. The van der Waals surface area contributed by atoms with Gasteiger partial charge < -0.3 is 5.32 Å². The van der Waals surface area contributed by atoms with Gasteiger partial charge in [-0.05, 0) is 31.2 Å². The van der Waals surface area contributed by atoms with Gasteiger partial charge in [-0.3, -0.25) is 0 Å². The Morgan fingerprint density at radius 3 is 2.79 bits per heavy atom. The third-order valence-electron chi connectivity index (χ3n) is 2.76. The maximum Gasteiger partial charge on any atom is 0.107 e. The second kappa shape index (κ2) is 4.02. The van der Waals surface area contributed by atoms with E-state index in [1.807, 2.05) is 7.05 Å². The Morgan fingerprint density at radius 1 is 1.29 bits per heavy atom. The first kappa shape index (κ1) is 9.54. The van der Waals surface area contributed by atoms with Gasteiger partial charge in [0, 0.05) is 11.9 Å². The molecule has 0 fully saturated rings. The minimum absolute atomic E-state index is 0.898. The van der Waals surface area contributed by atoms with Crippen LogP contribution in [0.1, 0.15) is 35.3 Å². The molecule has 0 aliphatic heterocycles. The molecule has 1 aliphatic rings. The molecule has 0 unspecified atom stereocenters. The number of aryl methyl sites for hydroxylation is 1. The lowest BCUT2D eigenvalue weighted by Gasteiger charge is -1.97. The molecule has 1 aromatic heterocycles. The Hall–Kier alpha value is -1.01. The van der Waals surface area contributed by atoms with Crippen molar-refractivity contribution in [3.63, 3.8) is 0 Å². The van der Waals surface area contributed by atoms with Crippen LogP contribution in [-0.2, 0) is 12.8 Å². The Morgan fingerprint density at radius 2 is 2.07 bits per heavy atom. The lowest BCUT2D eigenvalue weighted by molar-refractivity contribution is 0.712. The molecule has 0 radical (unpaired) electrons. The smallest absolute Gasteiger partial charge is 0.107 e. The first-order chi connectivity index (χ1) is 6.86. The van der Waals surface area contributed by atoms with Crippen LogP contribution in [0.4, 0.5) is 5.00 Å². The second-order valence-electron chi connectivity index (χ2n) is 3.63. The molecule has 0 bridgehead atoms.